The highest BCUT2D eigenvalue weighted by molar-refractivity contribution is 5.76. The smallest absolute Gasteiger partial charge is 0.220 e. The van der Waals surface area contributed by atoms with Crippen molar-refractivity contribution in [3.05, 3.63) is 0 Å². The molecule has 3 nitrogen and oxygen atoms in total. The Bertz CT molecular complexity index is 229. The molecule has 3 heteroatoms. The highest BCUT2D eigenvalue weighted by atomic mass is 16.1. The van der Waals surface area contributed by atoms with E-state index in [0.717, 1.165) is 0 Å². The van der Waals surface area contributed by atoms with Crippen LogP contribution in [0, 0.1) is 5.41 Å². The first-order valence-corrected chi connectivity index (χ1v) is 6.04. The van der Waals surface area contributed by atoms with Gasteiger partial charge in [0.1, 0.15) is 0 Å². The van der Waals surface area contributed by atoms with Crippen LogP contribution >= 0.6 is 0 Å². The Hall–Kier alpha value is -0.570. The Morgan fingerprint density at radius 3 is 2.06 bits per heavy atom. The number of nitrogens with one attached hydrogen (secondary N) is 2. The Balaban J connectivity index is 0. The van der Waals surface area contributed by atoms with Crippen LogP contribution < -0.4 is 10.6 Å². The number of carbonyl (C=O) groups excluding carboxylic acids is 1. The summed E-state index contributed by atoms with van der Waals surface area (Å²) in [6, 6.07) is 0.295. The molecule has 0 radical (unpaired) electrons. The van der Waals surface area contributed by atoms with E-state index in [1.165, 1.54) is 0 Å². The number of carbonyl (C=O) groups is 1. The third-order valence-corrected chi connectivity index (χ3v) is 1.98. The fraction of sp³-hybridized carbons (Fsp3) is 0.923. The van der Waals surface area contributed by atoms with Gasteiger partial charge in [0.25, 0.3) is 0 Å². The van der Waals surface area contributed by atoms with Crippen molar-refractivity contribution in [2.45, 2.75) is 66.5 Å². The normalized spacial score (nSPS) is 14.7. The summed E-state index contributed by atoms with van der Waals surface area (Å²) < 4.78 is 0. The van der Waals surface area contributed by atoms with Crippen molar-refractivity contribution in [3.63, 3.8) is 0 Å². The van der Waals surface area contributed by atoms with Crippen molar-refractivity contribution < 1.29 is 6.22 Å². The molecule has 0 aromatic carbocycles. The minimum Gasteiger partial charge on any atom is -0.355 e. The van der Waals surface area contributed by atoms with Crippen LogP contribution in [0.15, 0.2) is 0 Å². The van der Waals surface area contributed by atoms with E-state index in [0.29, 0.717) is 19.0 Å². The molecule has 0 aliphatic heterocycles. The molecule has 98 valence electrons. The second-order valence-electron chi connectivity index (χ2n) is 6.84. The first-order valence-electron chi connectivity index (χ1n) is 6.04. The van der Waals surface area contributed by atoms with Crippen LogP contribution in [0.4, 0.5) is 0 Å². The molecule has 0 spiro atoms. The fourth-order valence-corrected chi connectivity index (χ4v) is 1.60. The predicted octanol–water partition coefficient (Wildman–Crippen LogP) is 2.56. The highest BCUT2D eigenvalue weighted by Crippen LogP contribution is 2.17. The lowest BCUT2D eigenvalue weighted by Gasteiger charge is -2.26. The minimum absolute atomic E-state index is 0. The van der Waals surface area contributed by atoms with E-state index in [9.17, 15) is 4.79 Å². The zero-order chi connectivity index (χ0) is 13.0. The molecule has 0 aliphatic carbocycles. The van der Waals surface area contributed by atoms with Crippen LogP contribution in [0.5, 0.6) is 0 Å². The number of amides is 1. The van der Waals surface area contributed by atoms with Crippen molar-refractivity contribution in [2.24, 2.45) is 5.41 Å². The first kappa shape index (κ1) is 15.4. The summed E-state index contributed by atoms with van der Waals surface area (Å²) in [7, 11) is 0. The monoisotopic (exact) mass is 230 g/mol. The molecule has 0 saturated heterocycles. The summed E-state index contributed by atoms with van der Waals surface area (Å²) >= 11 is 0. The van der Waals surface area contributed by atoms with Crippen molar-refractivity contribution in [1.29, 1.82) is 0 Å². The van der Waals surface area contributed by atoms with Crippen molar-refractivity contribution in [1.82, 2.24) is 10.6 Å². The fourth-order valence-electron chi connectivity index (χ4n) is 1.60. The Morgan fingerprint density at radius 2 is 1.69 bits per heavy atom. The average molecular weight is 230 g/mol. The van der Waals surface area contributed by atoms with Crippen LogP contribution in [-0.4, -0.2) is 24.0 Å². The third-order valence-electron chi connectivity index (χ3n) is 1.98. The molecule has 1 atom stereocenters. The Morgan fingerprint density at radius 1 is 1.19 bits per heavy atom. The third kappa shape index (κ3) is 9.97. The van der Waals surface area contributed by atoms with Crippen LogP contribution in [-0.2, 0) is 4.79 Å². The molecule has 0 rings (SSSR count). The molecule has 0 aliphatic rings. The maximum Gasteiger partial charge on any atom is 0.220 e. The molecular weight excluding hydrogens is 200 g/mol. The number of hydrogen-bond donors (Lipinski definition) is 2. The van der Waals surface area contributed by atoms with E-state index in [1.807, 2.05) is 0 Å². The van der Waals surface area contributed by atoms with Gasteiger partial charge in [0, 0.05) is 26.0 Å². The van der Waals surface area contributed by atoms with E-state index in [-0.39, 0.29) is 18.3 Å². The van der Waals surface area contributed by atoms with E-state index < -0.39 is 0 Å². The van der Waals surface area contributed by atoms with Gasteiger partial charge in [0.2, 0.25) is 5.91 Å². The Labute approximate surface area is 102 Å². The first-order chi connectivity index (χ1) is 6.99. The summed E-state index contributed by atoms with van der Waals surface area (Å²) in [5.41, 5.74) is 0.152. The molecular formula is C13H30N2O. The molecule has 16 heavy (non-hydrogen) atoms. The van der Waals surface area contributed by atoms with Gasteiger partial charge in [0.15, 0.2) is 0 Å². The van der Waals surface area contributed by atoms with Crippen LogP contribution in [0.25, 0.3) is 0 Å². The summed E-state index contributed by atoms with van der Waals surface area (Å²) in [4.78, 5) is 11.6. The van der Waals surface area contributed by atoms with Gasteiger partial charge in [-0.3, -0.25) is 4.79 Å². The molecule has 0 aromatic rings. The minimum atomic E-state index is 0. The second kappa shape index (κ2) is 5.67. The quantitative estimate of drug-likeness (QED) is 0.779. The van der Waals surface area contributed by atoms with E-state index in [1.54, 1.807) is 0 Å². The zero-order valence-corrected chi connectivity index (χ0v) is 11.9. The molecule has 0 fully saturated rings. The van der Waals surface area contributed by atoms with Gasteiger partial charge in [-0.15, -0.1) is 0 Å². The molecule has 1 unspecified atom stereocenters. The standard InChI is InChI=1S/C13H28N2O.H2/c1-10(15-13(5,6)7)9-14-11(16)8-12(2,3)4;/h10,15H,8-9H2,1-7H3,(H,14,16);1H. The van der Waals surface area contributed by atoms with Gasteiger partial charge in [-0.2, -0.15) is 0 Å². The van der Waals surface area contributed by atoms with Gasteiger partial charge in [-0.1, -0.05) is 20.8 Å². The highest BCUT2D eigenvalue weighted by Gasteiger charge is 2.17. The largest absolute Gasteiger partial charge is 0.355 e. The van der Waals surface area contributed by atoms with E-state index in [2.05, 4.69) is 59.1 Å². The summed E-state index contributed by atoms with van der Waals surface area (Å²) in [5, 5.41) is 6.38. The Kier molecular flexibility index (Phi) is 5.47. The second-order valence-corrected chi connectivity index (χ2v) is 6.84. The molecule has 0 heterocycles. The predicted molar refractivity (Wildman–Crippen MR) is 71.5 cm³/mol. The van der Waals surface area contributed by atoms with Gasteiger partial charge in [-0.25, -0.2) is 0 Å². The average Bonchev–Trinajstić information content (AvgIpc) is 1.94. The maximum atomic E-state index is 11.6. The molecule has 2 N–H and O–H groups in total. The molecule has 0 bridgehead atoms. The lowest BCUT2D eigenvalue weighted by molar-refractivity contribution is -0.122. The summed E-state index contributed by atoms with van der Waals surface area (Å²) in [6.07, 6.45) is 0.579. The van der Waals surface area contributed by atoms with Crippen molar-refractivity contribution in [2.75, 3.05) is 6.54 Å². The van der Waals surface area contributed by atoms with Crippen molar-refractivity contribution >= 4 is 5.91 Å². The van der Waals surface area contributed by atoms with Crippen LogP contribution in [0.3, 0.4) is 0 Å². The lowest BCUT2D eigenvalue weighted by atomic mass is 9.92. The van der Waals surface area contributed by atoms with Gasteiger partial charge in [-0.05, 0) is 33.1 Å². The van der Waals surface area contributed by atoms with Crippen molar-refractivity contribution in [3.8, 4) is 0 Å². The van der Waals surface area contributed by atoms with Gasteiger partial charge < -0.3 is 10.6 Å². The zero-order valence-electron chi connectivity index (χ0n) is 11.9. The lowest BCUT2D eigenvalue weighted by Crippen LogP contribution is -2.47. The number of rotatable bonds is 4. The summed E-state index contributed by atoms with van der Waals surface area (Å²) in [5.74, 6) is 0.134. The van der Waals surface area contributed by atoms with Gasteiger partial charge >= 0.3 is 0 Å². The topological polar surface area (TPSA) is 41.1 Å². The van der Waals surface area contributed by atoms with E-state index in [4.69, 9.17) is 0 Å². The SMILES string of the molecule is CC(CNC(=O)CC(C)(C)C)NC(C)(C)C.[HH]. The summed E-state index contributed by atoms with van der Waals surface area (Å²) in [6.45, 7) is 15.4. The molecule has 1 amide bonds. The van der Waals surface area contributed by atoms with E-state index >= 15 is 0 Å². The molecule has 0 saturated carbocycles. The number of hydrogen-bond acceptors (Lipinski definition) is 2. The molecule has 0 aromatic heterocycles. The van der Waals surface area contributed by atoms with Crippen LogP contribution in [0.2, 0.25) is 0 Å². The maximum absolute atomic E-state index is 11.6. The van der Waals surface area contributed by atoms with Crippen LogP contribution in [0.1, 0.15) is 56.3 Å². The van der Waals surface area contributed by atoms with Gasteiger partial charge in [0.05, 0.1) is 0 Å².